The Kier molecular flexibility index (Phi) is 9.54. The van der Waals surface area contributed by atoms with Gasteiger partial charge in [0.15, 0.2) is 0 Å². The van der Waals surface area contributed by atoms with E-state index in [2.05, 4.69) is 37.2 Å². The lowest BCUT2D eigenvalue weighted by atomic mass is 10.2. The van der Waals surface area contributed by atoms with Gasteiger partial charge >= 0.3 is 0 Å². The maximum absolute atomic E-state index is 3.78. The minimum Gasteiger partial charge on any atom is -0.317 e. The molecule has 0 aromatic carbocycles. The van der Waals surface area contributed by atoms with Crippen LogP contribution in [0.3, 0.4) is 0 Å². The average Bonchev–Trinajstić information content (AvgIpc) is 2.24. The third-order valence-corrected chi connectivity index (χ3v) is 2.52. The zero-order valence-corrected chi connectivity index (χ0v) is 10.3. The van der Waals surface area contributed by atoms with Crippen molar-refractivity contribution in [3.63, 3.8) is 0 Å². The van der Waals surface area contributed by atoms with Crippen molar-refractivity contribution in [1.82, 2.24) is 10.2 Å². The first kappa shape index (κ1) is 14.4. The Bertz CT molecular complexity index is 156. The van der Waals surface area contributed by atoms with Gasteiger partial charge in [-0.15, -0.1) is 13.2 Å². The first-order valence-electron chi connectivity index (χ1n) is 5.92. The van der Waals surface area contributed by atoms with E-state index in [0.717, 1.165) is 26.2 Å². The van der Waals surface area contributed by atoms with Crippen LogP contribution >= 0.6 is 0 Å². The normalized spacial score (nSPS) is 12.7. The van der Waals surface area contributed by atoms with Crippen LogP contribution in [0.5, 0.6) is 0 Å². The Morgan fingerprint density at radius 1 is 1.20 bits per heavy atom. The van der Waals surface area contributed by atoms with Crippen LogP contribution in [0.1, 0.15) is 26.7 Å². The van der Waals surface area contributed by atoms with Crippen LogP contribution in [0.15, 0.2) is 25.3 Å². The van der Waals surface area contributed by atoms with Gasteiger partial charge in [-0.05, 0) is 32.9 Å². The van der Waals surface area contributed by atoms with Crippen molar-refractivity contribution in [3.05, 3.63) is 25.3 Å². The highest BCUT2D eigenvalue weighted by Crippen LogP contribution is 2.03. The molecule has 0 saturated carbocycles. The molecule has 0 bridgehead atoms. The summed E-state index contributed by atoms with van der Waals surface area (Å²) in [5.41, 5.74) is 0. The summed E-state index contributed by atoms with van der Waals surface area (Å²) in [4.78, 5) is 2.38. The summed E-state index contributed by atoms with van der Waals surface area (Å²) in [5, 5.41) is 3.43. The van der Waals surface area contributed by atoms with E-state index in [4.69, 9.17) is 0 Å². The molecule has 0 aromatic heterocycles. The second-order valence-corrected chi connectivity index (χ2v) is 3.92. The number of hydrogen-bond donors (Lipinski definition) is 1. The summed E-state index contributed by atoms with van der Waals surface area (Å²) in [6.45, 7) is 16.1. The predicted octanol–water partition coefficient (Wildman–Crippen LogP) is 2.44. The Balaban J connectivity index is 3.74. The number of hydrogen-bond acceptors (Lipinski definition) is 2. The monoisotopic (exact) mass is 210 g/mol. The molecule has 1 N–H and O–H groups in total. The van der Waals surface area contributed by atoms with Gasteiger partial charge in [0.25, 0.3) is 0 Å². The molecule has 2 heteroatoms. The van der Waals surface area contributed by atoms with E-state index in [1.54, 1.807) is 0 Å². The zero-order chi connectivity index (χ0) is 11.5. The van der Waals surface area contributed by atoms with Gasteiger partial charge in [-0.25, -0.2) is 0 Å². The van der Waals surface area contributed by atoms with Crippen LogP contribution in [0.2, 0.25) is 0 Å². The van der Waals surface area contributed by atoms with E-state index in [9.17, 15) is 0 Å². The summed E-state index contributed by atoms with van der Waals surface area (Å²) in [7, 11) is 0. The molecule has 0 spiro atoms. The summed E-state index contributed by atoms with van der Waals surface area (Å²) >= 11 is 0. The van der Waals surface area contributed by atoms with Gasteiger partial charge in [0.2, 0.25) is 0 Å². The molecular formula is C13H26N2. The minimum absolute atomic E-state index is 0.588. The molecular weight excluding hydrogens is 184 g/mol. The highest BCUT2D eigenvalue weighted by molar-refractivity contribution is 4.83. The molecule has 1 unspecified atom stereocenters. The topological polar surface area (TPSA) is 15.3 Å². The van der Waals surface area contributed by atoms with E-state index < -0.39 is 0 Å². The molecule has 2 nitrogen and oxygen atoms in total. The van der Waals surface area contributed by atoms with Crippen molar-refractivity contribution in [1.29, 1.82) is 0 Å². The van der Waals surface area contributed by atoms with Crippen LogP contribution in [0, 0.1) is 0 Å². The largest absolute Gasteiger partial charge is 0.317 e. The molecule has 0 aromatic rings. The Labute approximate surface area is 95.0 Å². The standard InChI is InChI=1S/C13H26N2/c1-5-9-14-10-8-13(4)15(11-6-2)12-7-3/h6-7,13-14H,2-3,5,8-12H2,1,4H3. The number of nitrogens with one attached hydrogen (secondary N) is 1. The Hall–Kier alpha value is -0.600. The average molecular weight is 210 g/mol. The van der Waals surface area contributed by atoms with Gasteiger partial charge < -0.3 is 5.32 Å². The third kappa shape index (κ3) is 7.34. The smallest absolute Gasteiger partial charge is 0.0166 e. The maximum atomic E-state index is 3.78. The zero-order valence-electron chi connectivity index (χ0n) is 10.3. The van der Waals surface area contributed by atoms with Crippen molar-refractivity contribution < 1.29 is 0 Å². The number of rotatable bonds is 10. The predicted molar refractivity (Wildman–Crippen MR) is 69.2 cm³/mol. The summed E-state index contributed by atoms with van der Waals surface area (Å²) in [6, 6.07) is 0.588. The fourth-order valence-corrected chi connectivity index (χ4v) is 1.56. The molecule has 0 amide bonds. The number of nitrogens with zero attached hydrogens (tertiary/aromatic N) is 1. The molecule has 88 valence electrons. The van der Waals surface area contributed by atoms with Gasteiger partial charge in [-0.2, -0.15) is 0 Å². The fraction of sp³-hybridized carbons (Fsp3) is 0.692. The SMILES string of the molecule is C=CCN(CC=C)C(C)CCNCCC. The van der Waals surface area contributed by atoms with Crippen LogP contribution in [-0.2, 0) is 0 Å². The molecule has 0 saturated heterocycles. The van der Waals surface area contributed by atoms with E-state index in [-0.39, 0.29) is 0 Å². The van der Waals surface area contributed by atoms with Crippen molar-refractivity contribution in [3.8, 4) is 0 Å². The molecule has 0 fully saturated rings. The second kappa shape index (κ2) is 9.94. The quantitative estimate of drug-likeness (QED) is 0.440. The summed E-state index contributed by atoms with van der Waals surface area (Å²) in [6.07, 6.45) is 6.30. The van der Waals surface area contributed by atoms with Crippen LogP contribution in [0.4, 0.5) is 0 Å². The van der Waals surface area contributed by atoms with E-state index in [1.807, 2.05) is 12.2 Å². The minimum atomic E-state index is 0.588. The van der Waals surface area contributed by atoms with Gasteiger partial charge in [-0.3, -0.25) is 4.90 Å². The van der Waals surface area contributed by atoms with Crippen molar-refractivity contribution >= 4 is 0 Å². The summed E-state index contributed by atoms with van der Waals surface area (Å²) < 4.78 is 0. The first-order valence-corrected chi connectivity index (χ1v) is 5.92. The highest BCUT2D eigenvalue weighted by Gasteiger charge is 2.09. The van der Waals surface area contributed by atoms with Gasteiger partial charge in [0.05, 0.1) is 0 Å². The molecule has 0 aliphatic carbocycles. The van der Waals surface area contributed by atoms with E-state index in [0.29, 0.717) is 6.04 Å². The van der Waals surface area contributed by atoms with E-state index in [1.165, 1.54) is 12.8 Å². The van der Waals surface area contributed by atoms with E-state index >= 15 is 0 Å². The van der Waals surface area contributed by atoms with Crippen LogP contribution in [0.25, 0.3) is 0 Å². The van der Waals surface area contributed by atoms with Gasteiger partial charge in [0, 0.05) is 19.1 Å². The van der Waals surface area contributed by atoms with Gasteiger partial charge in [-0.1, -0.05) is 19.1 Å². The lowest BCUT2D eigenvalue weighted by Crippen LogP contribution is -2.35. The third-order valence-electron chi connectivity index (χ3n) is 2.52. The maximum Gasteiger partial charge on any atom is 0.0166 e. The second-order valence-electron chi connectivity index (χ2n) is 3.92. The van der Waals surface area contributed by atoms with Crippen molar-refractivity contribution in [2.75, 3.05) is 26.2 Å². The lowest BCUT2D eigenvalue weighted by Gasteiger charge is -2.26. The molecule has 0 aliphatic rings. The Morgan fingerprint density at radius 2 is 1.80 bits per heavy atom. The van der Waals surface area contributed by atoms with Gasteiger partial charge in [0.1, 0.15) is 0 Å². The first-order chi connectivity index (χ1) is 7.26. The Morgan fingerprint density at radius 3 is 2.27 bits per heavy atom. The van der Waals surface area contributed by atoms with Crippen molar-refractivity contribution in [2.45, 2.75) is 32.7 Å². The van der Waals surface area contributed by atoms with Crippen molar-refractivity contribution in [2.24, 2.45) is 0 Å². The molecule has 0 aliphatic heterocycles. The molecule has 1 atom stereocenters. The van der Waals surface area contributed by atoms with Crippen LogP contribution in [-0.4, -0.2) is 37.1 Å². The molecule has 15 heavy (non-hydrogen) atoms. The fourth-order valence-electron chi connectivity index (χ4n) is 1.56. The molecule has 0 rings (SSSR count). The lowest BCUT2D eigenvalue weighted by molar-refractivity contribution is 0.243. The summed E-state index contributed by atoms with van der Waals surface area (Å²) in [5.74, 6) is 0. The highest BCUT2D eigenvalue weighted by atomic mass is 15.1. The molecule has 0 heterocycles. The van der Waals surface area contributed by atoms with Crippen LogP contribution < -0.4 is 5.32 Å². The molecule has 0 radical (unpaired) electrons.